The van der Waals surface area contributed by atoms with Crippen molar-refractivity contribution < 1.29 is 4.79 Å². The molecule has 0 aliphatic carbocycles. The van der Waals surface area contributed by atoms with Gasteiger partial charge in [0.1, 0.15) is 0 Å². The number of aryl methyl sites for hydroxylation is 1. The van der Waals surface area contributed by atoms with Gasteiger partial charge in [0.05, 0.1) is 11.3 Å². The smallest absolute Gasteiger partial charge is 0.257 e. The Kier molecular flexibility index (Phi) is 5.04. The number of rotatable bonds is 3. The Labute approximate surface area is 127 Å². The zero-order valence-electron chi connectivity index (χ0n) is 13.9. The van der Waals surface area contributed by atoms with E-state index in [1.165, 1.54) is 0 Å². The molecule has 0 bridgehead atoms. The summed E-state index contributed by atoms with van der Waals surface area (Å²) in [5.41, 5.74) is 2.57. The number of H-pyrrole nitrogens is 1. The van der Waals surface area contributed by atoms with Gasteiger partial charge in [-0.15, -0.1) is 0 Å². The number of hydrogen-bond acceptors (Lipinski definition) is 3. The first-order valence-corrected chi connectivity index (χ1v) is 7.92. The Morgan fingerprint density at radius 3 is 2.67 bits per heavy atom. The zero-order chi connectivity index (χ0) is 15.6. The van der Waals surface area contributed by atoms with E-state index in [1.807, 2.05) is 11.8 Å². The summed E-state index contributed by atoms with van der Waals surface area (Å²) in [7, 11) is 4.25. The van der Waals surface area contributed by atoms with Crippen molar-refractivity contribution in [1.29, 1.82) is 0 Å². The fourth-order valence-electron chi connectivity index (χ4n) is 3.09. The van der Waals surface area contributed by atoms with Crippen LogP contribution >= 0.6 is 0 Å². The van der Waals surface area contributed by atoms with Crippen molar-refractivity contribution in [2.24, 2.45) is 0 Å². The highest BCUT2D eigenvalue weighted by Gasteiger charge is 2.27. The lowest BCUT2D eigenvalue weighted by Crippen LogP contribution is -2.34. The number of carbonyl (C=O) groups excluding carboxylic acids is 1. The monoisotopic (exact) mass is 292 g/mol. The normalized spacial score (nSPS) is 20.1. The summed E-state index contributed by atoms with van der Waals surface area (Å²) in [6.45, 7) is 7.79. The van der Waals surface area contributed by atoms with E-state index in [-0.39, 0.29) is 11.8 Å². The molecule has 1 aromatic heterocycles. The fourth-order valence-corrected chi connectivity index (χ4v) is 3.09. The molecule has 1 aromatic rings. The summed E-state index contributed by atoms with van der Waals surface area (Å²) in [6, 6.07) is 0.581. The molecule has 0 radical (unpaired) electrons. The lowest BCUT2D eigenvalue weighted by molar-refractivity contribution is 0.0756. The van der Waals surface area contributed by atoms with Crippen LogP contribution in [0.2, 0.25) is 0 Å². The van der Waals surface area contributed by atoms with Gasteiger partial charge in [0.25, 0.3) is 5.91 Å². The molecule has 21 heavy (non-hydrogen) atoms. The predicted octanol–water partition coefficient (Wildman–Crippen LogP) is 2.40. The molecular weight excluding hydrogens is 264 g/mol. The average molecular weight is 292 g/mol. The van der Waals surface area contributed by atoms with Crippen molar-refractivity contribution in [3.05, 3.63) is 17.0 Å². The molecule has 1 saturated heterocycles. The highest BCUT2D eigenvalue weighted by atomic mass is 16.2. The molecule has 1 N–H and O–H groups in total. The van der Waals surface area contributed by atoms with Crippen molar-refractivity contribution in [2.75, 3.05) is 27.2 Å². The quantitative estimate of drug-likeness (QED) is 0.930. The van der Waals surface area contributed by atoms with Crippen LogP contribution in [-0.4, -0.2) is 59.1 Å². The Morgan fingerprint density at radius 1 is 1.33 bits per heavy atom. The number of nitrogens with one attached hydrogen (secondary N) is 1. The van der Waals surface area contributed by atoms with Gasteiger partial charge in [-0.25, -0.2) is 0 Å². The lowest BCUT2D eigenvalue weighted by Gasteiger charge is -2.23. The van der Waals surface area contributed by atoms with Crippen LogP contribution in [0.3, 0.4) is 0 Å². The molecule has 1 aliphatic rings. The van der Waals surface area contributed by atoms with Gasteiger partial charge in [-0.3, -0.25) is 9.89 Å². The van der Waals surface area contributed by atoms with Crippen molar-refractivity contribution in [3.8, 4) is 0 Å². The number of amides is 1. The highest BCUT2D eigenvalue weighted by molar-refractivity contribution is 5.96. The van der Waals surface area contributed by atoms with E-state index in [1.54, 1.807) is 0 Å². The van der Waals surface area contributed by atoms with Crippen molar-refractivity contribution >= 4 is 5.91 Å². The van der Waals surface area contributed by atoms with Gasteiger partial charge in [-0.1, -0.05) is 13.8 Å². The van der Waals surface area contributed by atoms with Gasteiger partial charge in [-0.05, 0) is 46.2 Å². The van der Waals surface area contributed by atoms with E-state index in [0.717, 1.165) is 49.3 Å². The first-order valence-electron chi connectivity index (χ1n) is 7.92. The molecule has 1 amide bonds. The number of aromatic nitrogens is 2. The van der Waals surface area contributed by atoms with Gasteiger partial charge in [0, 0.05) is 24.8 Å². The van der Waals surface area contributed by atoms with Gasteiger partial charge < -0.3 is 9.80 Å². The number of hydrogen-bond donors (Lipinski definition) is 1. The third kappa shape index (κ3) is 3.46. The van der Waals surface area contributed by atoms with Crippen molar-refractivity contribution in [2.45, 2.75) is 52.0 Å². The minimum atomic E-state index is 0.143. The fraction of sp³-hybridized carbons (Fsp3) is 0.750. The molecule has 1 aliphatic heterocycles. The summed E-state index contributed by atoms with van der Waals surface area (Å²) < 4.78 is 0. The van der Waals surface area contributed by atoms with Gasteiger partial charge >= 0.3 is 0 Å². The molecule has 0 aromatic carbocycles. The number of aromatic amines is 1. The van der Waals surface area contributed by atoms with Gasteiger partial charge in [-0.2, -0.15) is 5.10 Å². The minimum Gasteiger partial charge on any atom is -0.338 e. The first kappa shape index (κ1) is 16.0. The van der Waals surface area contributed by atoms with E-state index >= 15 is 0 Å². The Morgan fingerprint density at radius 2 is 2.05 bits per heavy atom. The Balaban J connectivity index is 2.15. The van der Waals surface area contributed by atoms with E-state index < -0.39 is 0 Å². The molecule has 118 valence electrons. The van der Waals surface area contributed by atoms with E-state index in [4.69, 9.17) is 0 Å². The zero-order valence-corrected chi connectivity index (χ0v) is 13.9. The standard InChI is InChI=1S/C16H28N4O/c1-11(2)15-14(12(3)17-18-15)16(21)20-9-6-7-13(8-10-20)19(4)5/h11,13H,6-10H2,1-5H3,(H,17,18). The third-order valence-electron chi connectivity index (χ3n) is 4.45. The summed E-state index contributed by atoms with van der Waals surface area (Å²) >= 11 is 0. The summed E-state index contributed by atoms with van der Waals surface area (Å²) in [6.07, 6.45) is 3.29. The van der Waals surface area contributed by atoms with E-state index in [0.29, 0.717) is 6.04 Å². The first-order chi connectivity index (χ1) is 9.91. The molecular formula is C16H28N4O. The molecule has 1 unspecified atom stereocenters. The summed E-state index contributed by atoms with van der Waals surface area (Å²) in [5.74, 6) is 0.403. The van der Waals surface area contributed by atoms with Crippen molar-refractivity contribution in [1.82, 2.24) is 20.0 Å². The Bertz CT molecular complexity index is 492. The number of likely N-dealkylation sites (tertiary alicyclic amines) is 1. The summed E-state index contributed by atoms with van der Waals surface area (Å²) in [5, 5.41) is 7.29. The van der Waals surface area contributed by atoms with E-state index in [2.05, 4.69) is 43.0 Å². The Hall–Kier alpha value is -1.36. The maximum absolute atomic E-state index is 12.9. The SMILES string of the molecule is Cc1[nH]nc(C(C)C)c1C(=O)N1CCCC(N(C)C)CC1. The van der Waals surface area contributed by atoms with Crippen LogP contribution in [0.4, 0.5) is 0 Å². The maximum atomic E-state index is 12.9. The molecule has 5 heteroatoms. The molecule has 1 atom stereocenters. The maximum Gasteiger partial charge on any atom is 0.257 e. The van der Waals surface area contributed by atoms with Crippen LogP contribution in [0.25, 0.3) is 0 Å². The molecule has 2 rings (SSSR count). The highest BCUT2D eigenvalue weighted by Crippen LogP contribution is 2.23. The third-order valence-corrected chi connectivity index (χ3v) is 4.45. The van der Waals surface area contributed by atoms with Crippen LogP contribution in [0.1, 0.15) is 60.8 Å². The molecule has 0 spiro atoms. The minimum absolute atomic E-state index is 0.143. The molecule has 5 nitrogen and oxygen atoms in total. The number of nitrogens with zero attached hydrogens (tertiary/aromatic N) is 3. The molecule has 0 saturated carbocycles. The predicted molar refractivity (Wildman–Crippen MR) is 84.6 cm³/mol. The molecule has 2 heterocycles. The van der Waals surface area contributed by atoms with Crippen LogP contribution in [0.5, 0.6) is 0 Å². The van der Waals surface area contributed by atoms with Crippen molar-refractivity contribution in [3.63, 3.8) is 0 Å². The second-order valence-corrected chi connectivity index (χ2v) is 6.60. The van der Waals surface area contributed by atoms with Crippen LogP contribution in [0, 0.1) is 6.92 Å². The van der Waals surface area contributed by atoms with Crippen LogP contribution in [-0.2, 0) is 0 Å². The molecule has 1 fully saturated rings. The van der Waals surface area contributed by atoms with Crippen LogP contribution < -0.4 is 0 Å². The average Bonchev–Trinajstić information content (AvgIpc) is 2.66. The van der Waals surface area contributed by atoms with E-state index in [9.17, 15) is 4.79 Å². The summed E-state index contributed by atoms with van der Waals surface area (Å²) in [4.78, 5) is 17.2. The number of carbonyl (C=O) groups is 1. The second-order valence-electron chi connectivity index (χ2n) is 6.60. The van der Waals surface area contributed by atoms with Gasteiger partial charge in [0.15, 0.2) is 0 Å². The lowest BCUT2D eigenvalue weighted by atomic mass is 10.0. The van der Waals surface area contributed by atoms with Crippen LogP contribution in [0.15, 0.2) is 0 Å². The largest absolute Gasteiger partial charge is 0.338 e. The van der Waals surface area contributed by atoms with Gasteiger partial charge in [0.2, 0.25) is 0 Å². The topological polar surface area (TPSA) is 52.2 Å². The second kappa shape index (κ2) is 6.60.